The zero-order chi connectivity index (χ0) is 16.9. The van der Waals surface area contributed by atoms with E-state index in [0.717, 1.165) is 36.5 Å². The number of rotatable bonds is 8. The normalized spacial score (nSPS) is 11.8. The van der Waals surface area contributed by atoms with Crippen LogP contribution in [0.2, 0.25) is 0 Å². The minimum absolute atomic E-state index is 0.371. The Morgan fingerprint density at radius 2 is 1.74 bits per heavy atom. The number of anilines is 1. The van der Waals surface area contributed by atoms with Crippen LogP contribution in [-0.2, 0) is 10.0 Å². The van der Waals surface area contributed by atoms with Crippen LogP contribution in [0.1, 0.15) is 32.6 Å². The van der Waals surface area contributed by atoms with Crippen molar-refractivity contribution in [2.75, 3.05) is 25.5 Å². The molecule has 0 aromatic heterocycles. The van der Waals surface area contributed by atoms with Crippen LogP contribution in [0.25, 0.3) is 10.8 Å². The molecule has 5 heteroatoms. The first-order valence-electron chi connectivity index (χ1n) is 8.16. The Bertz CT molecular complexity index is 755. The second kappa shape index (κ2) is 7.79. The second-order valence-corrected chi connectivity index (χ2v) is 7.69. The lowest BCUT2D eigenvalue weighted by atomic mass is 10.1. The number of nitrogens with one attached hydrogen (secondary N) is 1. The van der Waals surface area contributed by atoms with Crippen molar-refractivity contribution >= 4 is 26.5 Å². The van der Waals surface area contributed by atoms with E-state index in [1.165, 1.54) is 0 Å². The third kappa shape index (κ3) is 4.24. The molecule has 0 saturated heterocycles. The fourth-order valence-electron chi connectivity index (χ4n) is 2.70. The average molecular weight is 334 g/mol. The van der Waals surface area contributed by atoms with Gasteiger partial charge in [-0.3, -0.25) is 0 Å². The number of hydrogen-bond acceptors (Lipinski definition) is 3. The largest absolute Gasteiger partial charge is 0.377 e. The van der Waals surface area contributed by atoms with Crippen molar-refractivity contribution in [3.8, 4) is 0 Å². The summed E-state index contributed by atoms with van der Waals surface area (Å²) in [6.07, 6.45) is 4.20. The molecule has 0 bridgehead atoms. The molecule has 0 aliphatic carbocycles. The summed E-state index contributed by atoms with van der Waals surface area (Å²) in [5, 5.41) is 1.70. The molecule has 0 fully saturated rings. The summed E-state index contributed by atoms with van der Waals surface area (Å²) in [4.78, 5) is 2.22. The molecule has 0 spiro atoms. The van der Waals surface area contributed by atoms with Crippen molar-refractivity contribution in [3.05, 3.63) is 36.4 Å². The van der Waals surface area contributed by atoms with Crippen LogP contribution >= 0.6 is 0 Å². The van der Waals surface area contributed by atoms with E-state index >= 15 is 0 Å². The standard InChI is InChI=1S/C18H26N2O2S/c1-4-5-6-9-14-19-23(21,22)18-16-11-8-7-10-15(16)12-13-17(18)20(2)3/h7-8,10-13,19H,4-6,9,14H2,1-3H3. The molecule has 2 aromatic rings. The van der Waals surface area contributed by atoms with Gasteiger partial charge in [0.25, 0.3) is 0 Å². The maximum Gasteiger partial charge on any atom is 0.243 e. The molecule has 0 heterocycles. The fraction of sp³-hybridized carbons (Fsp3) is 0.444. The van der Waals surface area contributed by atoms with E-state index in [0.29, 0.717) is 17.1 Å². The van der Waals surface area contributed by atoms with Gasteiger partial charge in [-0.2, -0.15) is 0 Å². The van der Waals surface area contributed by atoms with Crippen LogP contribution in [0.4, 0.5) is 5.69 Å². The summed E-state index contributed by atoms with van der Waals surface area (Å²) < 4.78 is 28.5. The number of hydrogen-bond donors (Lipinski definition) is 1. The lowest BCUT2D eigenvalue weighted by Gasteiger charge is -2.20. The maximum absolute atomic E-state index is 12.9. The summed E-state index contributed by atoms with van der Waals surface area (Å²) in [6, 6.07) is 11.4. The van der Waals surface area contributed by atoms with Gasteiger partial charge in [-0.05, 0) is 17.9 Å². The Morgan fingerprint density at radius 1 is 1.00 bits per heavy atom. The van der Waals surface area contributed by atoms with Crippen molar-refractivity contribution in [1.82, 2.24) is 4.72 Å². The number of sulfonamides is 1. The van der Waals surface area contributed by atoms with Gasteiger partial charge in [-0.25, -0.2) is 13.1 Å². The Kier molecular flexibility index (Phi) is 6.02. The van der Waals surface area contributed by atoms with Crippen LogP contribution in [-0.4, -0.2) is 29.1 Å². The number of benzene rings is 2. The van der Waals surface area contributed by atoms with Gasteiger partial charge in [-0.15, -0.1) is 0 Å². The van der Waals surface area contributed by atoms with E-state index in [9.17, 15) is 8.42 Å². The molecule has 0 saturated carbocycles. The fourth-order valence-corrected chi connectivity index (χ4v) is 4.26. The van der Waals surface area contributed by atoms with Gasteiger partial charge in [0.15, 0.2) is 0 Å². The van der Waals surface area contributed by atoms with E-state index in [1.54, 1.807) is 0 Å². The van der Waals surface area contributed by atoms with Crippen molar-refractivity contribution < 1.29 is 8.42 Å². The van der Waals surface area contributed by atoms with Gasteiger partial charge in [0.2, 0.25) is 10.0 Å². The summed E-state index contributed by atoms with van der Waals surface area (Å²) in [6.45, 7) is 2.63. The third-order valence-corrected chi connectivity index (χ3v) is 5.48. The predicted octanol–water partition coefficient (Wildman–Crippen LogP) is 3.76. The topological polar surface area (TPSA) is 49.4 Å². The first-order chi connectivity index (χ1) is 11.0. The van der Waals surface area contributed by atoms with Crippen LogP contribution in [0.3, 0.4) is 0 Å². The summed E-state index contributed by atoms with van der Waals surface area (Å²) in [5.41, 5.74) is 0.713. The molecule has 0 aliphatic rings. The Labute approximate surface area is 139 Å². The minimum Gasteiger partial charge on any atom is -0.377 e. The highest BCUT2D eigenvalue weighted by Gasteiger charge is 2.22. The SMILES string of the molecule is CCCCCCNS(=O)(=O)c1c(N(C)C)ccc2ccccc12. The maximum atomic E-state index is 12.9. The van der Waals surface area contributed by atoms with E-state index < -0.39 is 10.0 Å². The number of fused-ring (bicyclic) bond motifs is 1. The number of nitrogens with zero attached hydrogens (tertiary/aromatic N) is 1. The summed E-state index contributed by atoms with van der Waals surface area (Å²) in [7, 11) is 0.190. The molecular weight excluding hydrogens is 308 g/mol. The highest BCUT2D eigenvalue weighted by Crippen LogP contribution is 2.31. The molecule has 0 aliphatic heterocycles. The average Bonchev–Trinajstić information content (AvgIpc) is 2.53. The molecule has 2 aromatic carbocycles. The van der Waals surface area contributed by atoms with Gasteiger partial charge in [0.05, 0.1) is 5.69 Å². The van der Waals surface area contributed by atoms with Crippen molar-refractivity contribution in [2.45, 2.75) is 37.5 Å². The molecule has 126 valence electrons. The molecule has 0 amide bonds. The van der Waals surface area contributed by atoms with Gasteiger partial charge in [-0.1, -0.05) is 56.5 Å². The summed E-state index contributed by atoms with van der Waals surface area (Å²) >= 11 is 0. The van der Waals surface area contributed by atoms with Crippen LogP contribution in [0.5, 0.6) is 0 Å². The first-order valence-corrected chi connectivity index (χ1v) is 9.64. The molecular formula is C18H26N2O2S. The first kappa shape index (κ1) is 17.8. The third-order valence-electron chi connectivity index (χ3n) is 3.93. The molecule has 0 radical (unpaired) electrons. The lowest BCUT2D eigenvalue weighted by molar-refractivity contribution is 0.574. The van der Waals surface area contributed by atoms with Crippen molar-refractivity contribution in [2.24, 2.45) is 0 Å². The van der Waals surface area contributed by atoms with Crippen molar-refractivity contribution in [1.29, 1.82) is 0 Å². The molecule has 1 N–H and O–H groups in total. The molecule has 4 nitrogen and oxygen atoms in total. The smallest absolute Gasteiger partial charge is 0.243 e. The molecule has 0 atom stereocenters. The molecule has 0 unspecified atom stereocenters. The van der Waals surface area contributed by atoms with Gasteiger partial charge in [0, 0.05) is 26.0 Å². The van der Waals surface area contributed by atoms with E-state index in [1.807, 2.05) is 55.4 Å². The number of unbranched alkanes of at least 4 members (excludes halogenated alkanes) is 3. The second-order valence-electron chi connectivity index (χ2n) is 5.99. The lowest BCUT2D eigenvalue weighted by Crippen LogP contribution is -2.27. The molecule has 23 heavy (non-hydrogen) atoms. The van der Waals surface area contributed by atoms with Crippen LogP contribution < -0.4 is 9.62 Å². The monoisotopic (exact) mass is 334 g/mol. The zero-order valence-electron chi connectivity index (χ0n) is 14.2. The van der Waals surface area contributed by atoms with E-state index in [-0.39, 0.29) is 0 Å². The van der Waals surface area contributed by atoms with Crippen LogP contribution in [0, 0.1) is 0 Å². The zero-order valence-corrected chi connectivity index (χ0v) is 15.0. The van der Waals surface area contributed by atoms with Gasteiger partial charge >= 0.3 is 0 Å². The Balaban J connectivity index is 2.37. The van der Waals surface area contributed by atoms with E-state index in [2.05, 4.69) is 11.6 Å². The van der Waals surface area contributed by atoms with Gasteiger partial charge in [0.1, 0.15) is 4.90 Å². The Hall–Kier alpha value is -1.59. The van der Waals surface area contributed by atoms with Crippen molar-refractivity contribution in [3.63, 3.8) is 0 Å². The summed E-state index contributed by atoms with van der Waals surface area (Å²) in [5.74, 6) is 0. The minimum atomic E-state index is -3.54. The van der Waals surface area contributed by atoms with E-state index in [4.69, 9.17) is 0 Å². The highest BCUT2D eigenvalue weighted by molar-refractivity contribution is 7.90. The Morgan fingerprint density at radius 3 is 2.43 bits per heavy atom. The molecule has 2 rings (SSSR count). The highest BCUT2D eigenvalue weighted by atomic mass is 32.2. The van der Waals surface area contributed by atoms with Gasteiger partial charge < -0.3 is 4.90 Å². The predicted molar refractivity (Wildman–Crippen MR) is 97.6 cm³/mol. The quantitative estimate of drug-likeness (QED) is 0.748. The van der Waals surface area contributed by atoms with Crippen LogP contribution in [0.15, 0.2) is 41.3 Å².